The van der Waals surface area contributed by atoms with Crippen LogP contribution in [0.4, 0.5) is 0 Å². The molecule has 1 amide bonds. The van der Waals surface area contributed by atoms with Gasteiger partial charge in [-0.2, -0.15) is 0 Å². The van der Waals surface area contributed by atoms with Crippen LogP contribution in [-0.2, 0) is 0 Å². The number of fused-ring (bicyclic) bond motifs is 1. The van der Waals surface area contributed by atoms with Gasteiger partial charge in [0.1, 0.15) is 11.4 Å². The first-order valence-electron chi connectivity index (χ1n) is 9.00. The number of pyridine rings is 2. The number of nitrogens with zero attached hydrogens (tertiary/aromatic N) is 3. The minimum Gasteiger partial charge on any atom is -0.497 e. The molecule has 0 aliphatic heterocycles. The van der Waals surface area contributed by atoms with Crippen LogP contribution in [0.25, 0.3) is 16.9 Å². The molecule has 0 radical (unpaired) electrons. The Labute approximate surface area is 162 Å². The molecular weight excluding hydrogens is 352 g/mol. The monoisotopic (exact) mass is 372 g/mol. The minimum atomic E-state index is -0.243. The van der Waals surface area contributed by atoms with E-state index in [-0.39, 0.29) is 11.9 Å². The number of ether oxygens (including phenoxy) is 1. The third kappa shape index (κ3) is 3.32. The number of imidazole rings is 1. The number of hydrogen-bond acceptors (Lipinski definition) is 4. The third-order valence-electron chi connectivity index (χ3n) is 4.59. The molecule has 0 bridgehead atoms. The minimum absolute atomic E-state index is 0.234. The highest BCUT2D eigenvalue weighted by molar-refractivity contribution is 5.99. The van der Waals surface area contributed by atoms with Crippen LogP contribution in [0.3, 0.4) is 0 Å². The van der Waals surface area contributed by atoms with E-state index in [0.717, 1.165) is 22.7 Å². The molecule has 1 aromatic carbocycles. The van der Waals surface area contributed by atoms with E-state index in [1.54, 1.807) is 13.3 Å². The Balaban J connectivity index is 1.74. The van der Waals surface area contributed by atoms with Crippen LogP contribution in [0.1, 0.15) is 29.1 Å². The Hall–Kier alpha value is -3.67. The van der Waals surface area contributed by atoms with Crippen molar-refractivity contribution in [1.82, 2.24) is 19.7 Å². The van der Waals surface area contributed by atoms with Crippen molar-refractivity contribution >= 4 is 11.6 Å². The molecule has 6 heteroatoms. The lowest BCUT2D eigenvalue weighted by Gasteiger charge is -2.13. The Kier molecular flexibility index (Phi) is 4.76. The van der Waals surface area contributed by atoms with Crippen molar-refractivity contribution in [2.24, 2.45) is 0 Å². The van der Waals surface area contributed by atoms with Gasteiger partial charge in [-0.05, 0) is 55.5 Å². The highest BCUT2D eigenvalue weighted by Crippen LogP contribution is 2.27. The highest BCUT2D eigenvalue weighted by Gasteiger charge is 2.22. The lowest BCUT2D eigenvalue weighted by atomic mass is 10.1. The van der Waals surface area contributed by atoms with Crippen LogP contribution in [0.5, 0.6) is 5.75 Å². The predicted molar refractivity (Wildman–Crippen MR) is 107 cm³/mol. The van der Waals surface area contributed by atoms with E-state index in [2.05, 4.69) is 15.3 Å². The van der Waals surface area contributed by atoms with Gasteiger partial charge in [0.15, 0.2) is 5.69 Å². The average molecular weight is 372 g/mol. The third-order valence-corrected chi connectivity index (χ3v) is 4.59. The van der Waals surface area contributed by atoms with Gasteiger partial charge in [-0.25, -0.2) is 4.98 Å². The molecule has 140 valence electrons. The quantitative estimate of drug-likeness (QED) is 0.577. The van der Waals surface area contributed by atoms with Gasteiger partial charge in [-0.3, -0.25) is 14.2 Å². The lowest BCUT2D eigenvalue weighted by molar-refractivity contribution is 0.0935. The van der Waals surface area contributed by atoms with E-state index in [9.17, 15) is 4.79 Å². The highest BCUT2D eigenvalue weighted by atomic mass is 16.5. The van der Waals surface area contributed by atoms with Gasteiger partial charge >= 0.3 is 0 Å². The van der Waals surface area contributed by atoms with Crippen molar-refractivity contribution < 1.29 is 9.53 Å². The van der Waals surface area contributed by atoms with Crippen molar-refractivity contribution in [2.75, 3.05) is 7.11 Å². The van der Waals surface area contributed by atoms with Gasteiger partial charge < -0.3 is 10.1 Å². The van der Waals surface area contributed by atoms with E-state index in [0.29, 0.717) is 11.3 Å². The number of aromatic nitrogens is 3. The number of nitrogens with one attached hydrogen (secondary N) is 1. The van der Waals surface area contributed by atoms with Crippen LogP contribution in [0.2, 0.25) is 0 Å². The summed E-state index contributed by atoms with van der Waals surface area (Å²) < 4.78 is 7.16. The fourth-order valence-electron chi connectivity index (χ4n) is 3.15. The molecular formula is C22H20N4O2. The molecule has 0 aliphatic carbocycles. The van der Waals surface area contributed by atoms with E-state index in [4.69, 9.17) is 4.74 Å². The summed E-state index contributed by atoms with van der Waals surface area (Å²) in [6.07, 6.45) is 3.62. The smallest absolute Gasteiger partial charge is 0.272 e. The maximum Gasteiger partial charge on any atom is 0.272 e. The molecule has 4 aromatic rings. The van der Waals surface area contributed by atoms with Gasteiger partial charge in [0, 0.05) is 18.0 Å². The molecule has 3 heterocycles. The van der Waals surface area contributed by atoms with Crippen molar-refractivity contribution in [2.45, 2.75) is 13.0 Å². The van der Waals surface area contributed by atoms with Gasteiger partial charge in [0.25, 0.3) is 5.91 Å². The summed E-state index contributed by atoms with van der Waals surface area (Å²) in [6.45, 7) is 1.91. The Bertz CT molecular complexity index is 1100. The Morgan fingerprint density at radius 2 is 1.86 bits per heavy atom. The van der Waals surface area contributed by atoms with Crippen LogP contribution in [-0.4, -0.2) is 27.4 Å². The molecule has 0 fully saturated rings. The summed E-state index contributed by atoms with van der Waals surface area (Å²) in [7, 11) is 1.63. The second kappa shape index (κ2) is 7.52. The van der Waals surface area contributed by atoms with Crippen LogP contribution in [0.15, 0.2) is 73.1 Å². The first kappa shape index (κ1) is 17.7. The zero-order valence-electron chi connectivity index (χ0n) is 15.7. The van der Waals surface area contributed by atoms with E-state index in [1.165, 1.54) is 0 Å². The Morgan fingerprint density at radius 1 is 1.07 bits per heavy atom. The fraction of sp³-hybridized carbons (Fsp3) is 0.136. The summed E-state index contributed by atoms with van der Waals surface area (Å²) in [4.78, 5) is 22.0. The standard InChI is InChI=1S/C22H20N4O2/c1-15(18-7-3-5-13-23-18)24-22(27)20-21(16-9-11-17(28-2)12-10-16)26-14-6-4-8-19(26)25-20/h3-15H,1-2H3,(H,24,27). The topological polar surface area (TPSA) is 68.5 Å². The van der Waals surface area contributed by atoms with Crippen LogP contribution < -0.4 is 10.1 Å². The van der Waals surface area contributed by atoms with Gasteiger partial charge in [-0.1, -0.05) is 12.1 Å². The first-order valence-corrected chi connectivity index (χ1v) is 9.00. The summed E-state index contributed by atoms with van der Waals surface area (Å²) in [5.74, 6) is 0.514. The van der Waals surface area contributed by atoms with E-state index in [1.807, 2.05) is 78.2 Å². The largest absolute Gasteiger partial charge is 0.497 e. The number of carbonyl (C=O) groups excluding carboxylic acids is 1. The van der Waals surface area contributed by atoms with E-state index >= 15 is 0 Å². The zero-order chi connectivity index (χ0) is 19.5. The maximum atomic E-state index is 13.1. The number of rotatable bonds is 5. The summed E-state index contributed by atoms with van der Waals surface area (Å²) in [5.41, 5.74) is 3.51. The van der Waals surface area contributed by atoms with Crippen molar-refractivity contribution in [1.29, 1.82) is 0 Å². The molecule has 6 nitrogen and oxygen atoms in total. The number of carbonyl (C=O) groups is 1. The SMILES string of the molecule is COc1ccc(-c2c(C(=O)NC(C)c3ccccn3)nc3ccccn23)cc1. The molecule has 1 atom stereocenters. The molecule has 0 saturated carbocycles. The predicted octanol–water partition coefficient (Wildman–Crippen LogP) is 3.90. The molecule has 0 saturated heterocycles. The average Bonchev–Trinajstić information content (AvgIpc) is 3.14. The van der Waals surface area contributed by atoms with Crippen LogP contribution in [0, 0.1) is 0 Å². The number of benzene rings is 1. The molecule has 1 N–H and O–H groups in total. The Morgan fingerprint density at radius 3 is 2.57 bits per heavy atom. The van der Waals surface area contributed by atoms with Crippen molar-refractivity contribution in [3.63, 3.8) is 0 Å². The first-order chi connectivity index (χ1) is 13.7. The number of amides is 1. The summed E-state index contributed by atoms with van der Waals surface area (Å²) in [5, 5.41) is 3.00. The molecule has 0 spiro atoms. The molecule has 0 aliphatic rings. The fourth-order valence-corrected chi connectivity index (χ4v) is 3.15. The number of methoxy groups -OCH3 is 1. The lowest BCUT2D eigenvalue weighted by Crippen LogP contribution is -2.28. The van der Waals surface area contributed by atoms with Gasteiger partial charge in [-0.15, -0.1) is 0 Å². The van der Waals surface area contributed by atoms with Gasteiger partial charge in [0.05, 0.1) is 24.5 Å². The molecule has 28 heavy (non-hydrogen) atoms. The molecule has 1 unspecified atom stereocenters. The summed E-state index contributed by atoms with van der Waals surface area (Å²) >= 11 is 0. The molecule has 3 aromatic heterocycles. The summed E-state index contributed by atoms with van der Waals surface area (Å²) in [6, 6.07) is 18.7. The van der Waals surface area contributed by atoms with Crippen molar-refractivity contribution in [3.05, 3.63) is 84.4 Å². The second-order valence-corrected chi connectivity index (χ2v) is 6.42. The van der Waals surface area contributed by atoms with Crippen LogP contribution >= 0.6 is 0 Å². The van der Waals surface area contributed by atoms with E-state index < -0.39 is 0 Å². The second-order valence-electron chi connectivity index (χ2n) is 6.42. The zero-order valence-corrected chi connectivity index (χ0v) is 15.7. The normalized spacial score (nSPS) is 11.9. The van der Waals surface area contributed by atoms with Crippen molar-refractivity contribution in [3.8, 4) is 17.0 Å². The van der Waals surface area contributed by atoms with Gasteiger partial charge in [0.2, 0.25) is 0 Å². The molecule has 4 rings (SSSR count). The number of hydrogen-bond donors (Lipinski definition) is 1. The maximum absolute atomic E-state index is 13.1.